The summed E-state index contributed by atoms with van der Waals surface area (Å²) in [6.45, 7) is 4.41. The van der Waals surface area contributed by atoms with Crippen molar-refractivity contribution < 1.29 is 4.74 Å². The van der Waals surface area contributed by atoms with Gasteiger partial charge in [0, 0.05) is 31.9 Å². The van der Waals surface area contributed by atoms with Gasteiger partial charge in [0.1, 0.15) is 11.6 Å². The molecular formula is C16H23N3O. The molecule has 20 heavy (non-hydrogen) atoms. The number of benzene rings is 1. The van der Waals surface area contributed by atoms with Crippen LogP contribution in [-0.4, -0.2) is 16.2 Å². The Kier molecular flexibility index (Phi) is 5.62. The van der Waals surface area contributed by atoms with Gasteiger partial charge in [0.25, 0.3) is 0 Å². The summed E-state index contributed by atoms with van der Waals surface area (Å²) in [6, 6.07) is 7.96. The maximum Gasteiger partial charge on any atom is 0.119 e. The van der Waals surface area contributed by atoms with Crippen LogP contribution < -0.4 is 10.5 Å². The monoisotopic (exact) mass is 273 g/mol. The predicted octanol–water partition coefficient (Wildman–Crippen LogP) is 2.76. The van der Waals surface area contributed by atoms with E-state index in [0.29, 0.717) is 13.2 Å². The van der Waals surface area contributed by atoms with Crippen LogP contribution in [0.5, 0.6) is 5.75 Å². The number of imidazole rings is 1. The average molecular weight is 273 g/mol. The molecule has 0 spiro atoms. The Labute approximate surface area is 120 Å². The van der Waals surface area contributed by atoms with E-state index in [4.69, 9.17) is 10.5 Å². The highest BCUT2D eigenvalue weighted by Gasteiger charge is 2.01. The molecule has 0 unspecified atom stereocenters. The number of hydrogen-bond donors (Lipinski definition) is 1. The smallest absolute Gasteiger partial charge is 0.119 e. The van der Waals surface area contributed by atoms with Gasteiger partial charge < -0.3 is 15.0 Å². The van der Waals surface area contributed by atoms with Crippen molar-refractivity contribution in [3.63, 3.8) is 0 Å². The van der Waals surface area contributed by atoms with Crippen LogP contribution in [0.1, 0.15) is 31.2 Å². The van der Waals surface area contributed by atoms with Gasteiger partial charge in [0.15, 0.2) is 0 Å². The maximum absolute atomic E-state index is 5.73. The Morgan fingerprint density at radius 3 is 2.75 bits per heavy atom. The minimum atomic E-state index is 0.571. The van der Waals surface area contributed by atoms with E-state index in [1.807, 2.05) is 36.7 Å². The second-order valence-electron chi connectivity index (χ2n) is 4.84. The van der Waals surface area contributed by atoms with Crippen LogP contribution in [0, 0.1) is 0 Å². The third-order valence-corrected chi connectivity index (χ3v) is 3.25. The largest absolute Gasteiger partial charge is 0.494 e. The third kappa shape index (κ3) is 4.10. The van der Waals surface area contributed by atoms with Crippen molar-refractivity contribution in [1.29, 1.82) is 0 Å². The molecule has 0 amide bonds. The highest BCUT2D eigenvalue weighted by molar-refractivity contribution is 5.26. The van der Waals surface area contributed by atoms with Crippen molar-refractivity contribution in [2.24, 2.45) is 5.73 Å². The number of ether oxygens (including phenoxy) is 1. The lowest BCUT2D eigenvalue weighted by Gasteiger charge is -2.09. The predicted molar refractivity (Wildman–Crippen MR) is 80.7 cm³/mol. The molecular weight excluding hydrogens is 250 g/mol. The zero-order chi connectivity index (χ0) is 14.2. The lowest BCUT2D eigenvalue weighted by atomic mass is 10.2. The Balaban J connectivity index is 1.74. The summed E-state index contributed by atoms with van der Waals surface area (Å²) in [5, 5.41) is 0. The van der Waals surface area contributed by atoms with Crippen molar-refractivity contribution in [2.45, 2.75) is 39.3 Å². The normalized spacial score (nSPS) is 10.7. The number of aromatic nitrogens is 2. The Morgan fingerprint density at radius 2 is 2.05 bits per heavy atom. The van der Waals surface area contributed by atoms with Crippen molar-refractivity contribution in [3.8, 4) is 5.75 Å². The summed E-state index contributed by atoms with van der Waals surface area (Å²) in [5.74, 6) is 2.07. The van der Waals surface area contributed by atoms with Crippen LogP contribution >= 0.6 is 0 Å². The number of rotatable bonds is 8. The van der Waals surface area contributed by atoms with Gasteiger partial charge in [-0.25, -0.2) is 4.98 Å². The molecule has 2 rings (SSSR count). The first-order chi connectivity index (χ1) is 9.83. The molecule has 0 radical (unpaired) electrons. The molecule has 0 atom stereocenters. The summed E-state index contributed by atoms with van der Waals surface area (Å²) in [4.78, 5) is 4.37. The number of nitrogens with zero attached hydrogens (tertiary/aromatic N) is 2. The summed E-state index contributed by atoms with van der Waals surface area (Å²) in [7, 11) is 0. The second-order valence-corrected chi connectivity index (χ2v) is 4.84. The molecule has 4 heteroatoms. The van der Waals surface area contributed by atoms with Gasteiger partial charge in [-0.05, 0) is 30.5 Å². The average Bonchev–Trinajstić information content (AvgIpc) is 2.92. The number of hydrogen-bond acceptors (Lipinski definition) is 3. The van der Waals surface area contributed by atoms with Gasteiger partial charge >= 0.3 is 0 Å². The van der Waals surface area contributed by atoms with E-state index >= 15 is 0 Å². The Hall–Kier alpha value is -1.81. The molecule has 2 aromatic rings. The first kappa shape index (κ1) is 14.6. The van der Waals surface area contributed by atoms with E-state index in [1.54, 1.807) is 0 Å². The van der Waals surface area contributed by atoms with Crippen molar-refractivity contribution in [3.05, 3.63) is 48.0 Å². The van der Waals surface area contributed by atoms with Gasteiger partial charge in [0.05, 0.1) is 6.61 Å². The first-order valence-electron chi connectivity index (χ1n) is 7.25. The number of aryl methyl sites for hydroxylation is 2. The van der Waals surface area contributed by atoms with E-state index in [-0.39, 0.29) is 0 Å². The standard InChI is InChI=1S/C16H23N3O/c1-2-4-16-18-9-11-19(16)10-3-12-20-15-7-5-14(13-17)6-8-15/h5-9,11H,2-4,10,12-13,17H2,1H3. The fourth-order valence-electron chi connectivity index (χ4n) is 2.14. The zero-order valence-corrected chi connectivity index (χ0v) is 12.1. The Morgan fingerprint density at radius 1 is 1.25 bits per heavy atom. The van der Waals surface area contributed by atoms with E-state index < -0.39 is 0 Å². The van der Waals surface area contributed by atoms with Crippen LogP contribution in [0.2, 0.25) is 0 Å². The highest BCUT2D eigenvalue weighted by atomic mass is 16.5. The van der Waals surface area contributed by atoms with E-state index in [2.05, 4.69) is 16.5 Å². The van der Waals surface area contributed by atoms with Gasteiger partial charge in [-0.1, -0.05) is 19.1 Å². The van der Waals surface area contributed by atoms with Gasteiger partial charge in [-0.2, -0.15) is 0 Å². The summed E-state index contributed by atoms with van der Waals surface area (Å²) >= 11 is 0. The lowest BCUT2D eigenvalue weighted by molar-refractivity contribution is 0.301. The molecule has 0 saturated carbocycles. The molecule has 0 aliphatic rings. The topological polar surface area (TPSA) is 53.1 Å². The maximum atomic E-state index is 5.73. The van der Waals surface area contributed by atoms with E-state index in [0.717, 1.165) is 37.1 Å². The molecule has 0 saturated heterocycles. The fourth-order valence-corrected chi connectivity index (χ4v) is 2.14. The first-order valence-corrected chi connectivity index (χ1v) is 7.25. The van der Waals surface area contributed by atoms with E-state index in [1.165, 1.54) is 5.82 Å². The molecule has 0 aliphatic carbocycles. The van der Waals surface area contributed by atoms with Crippen LogP contribution in [-0.2, 0) is 19.5 Å². The summed E-state index contributed by atoms with van der Waals surface area (Å²) in [5.41, 5.74) is 6.69. The molecule has 0 fully saturated rings. The van der Waals surface area contributed by atoms with Crippen molar-refractivity contribution >= 4 is 0 Å². The minimum Gasteiger partial charge on any atom is -0.494 e. The van der Waals surface area contributed by atoms with Crippen LogP contribution in [0.25, 0.3) is 0 Å². The van der Waals surface area contributed by atoms with Gasteiger partial charge in [0.2, 0.25) is 0 Å². The van der Waals surface area contributed by atoms with Gasteiger partial charge in [-0.15, -0.1) is 0 Å². The van der Waals surface area contributed by atoms with E-state index in [9.17, 15) is 0 Å². The highest BCUT2D eigenvalue weighted by Crippen LogP contribution is 2.12. The second kappa shape index (κ2) is 7.70. The lowest BCUT2D eigenvalue weighted by Crippen LogP contribution is -2.07. The van der Waals surface area contributed by atoms with Crippen LogP contribution in [0.3, 0.4) is 0 Å². The molecule has 108 valence electrons. The minimum absolute atomic E-state index is 0.571. The van der Waals surface area contributed by atoms with Crippen LogP contribution in [0.4, 0.5) is 0 Å². The molecule has 1 aromatic heterocycles. The SMILES string of the molecule is CCCc1nccn1CCCOc1ccc(CN)cc1. The number of nitrogens with two attached hydrogens (primary N) is 1. The molecule has 4 nitrogen and oxygen atoms in total. The fraction of sp³-hybridized carbons (Fsp3) is 0.438. The summed E-state index contributed by atoms with van der Waals surface area (Å²) < 4.78 is 7.94. The molecule has 0 aliphatic heterocycles. The summed E-state index contributed by atoms with van der Waals surface area (Å²) in [6.07, 6.45) is 7.06. The third-order valence-electron chi connectivity index (χ3n) is 3.25. The quantitative estimate of drug-likeness (QED) is 0.752. The zero-order valence-electron chi connectivity index (χ0n) is 12.1. The molecule has 1 aromatic carbocycles. The molecule has 1 heterocycles. The van der Waals surface area contributed by atoms with Crippen molar-refractivity contribution in [2.75, 3.05) is 6.61 Å². The Bertz CT molecular complexity index is 505. The van der Waals surface area contributed by atoms with Crippen molar-refractivity contribution in [1.82, 2.24) is 9.55 Å². The molecule has 2 N–H and O–H groups in total. The van der Waals surface area contributed by atoms with Crippen LogP contribution in [0.15, 0.2) is 36.7 Å². The van der Waals surface area contributed by atoms with Gasteiger partial charge in [-0.3, -0.25) is 0 Å². The molecule has 0 bridgehead atoms.